The number of rotatable bonds is 11. The van der Waals surface area contributed by atoms with Crippen molar-refractivity contribution in [3.8, 4) is 5.75 Å². The fourth-order valence-corrected chi connectivity index (χ4v) is 4.23. The SMILES string of the molecule is C=CC(COCc1ccccc1)C(=O)Nc1cn(C(C(=O)N2CCCC2)c2ccc(OC)cc2)cn1. The van der Waals surface area contributed by atoms with Crippen LogP contribution in [0.1, 0.15) is 30.0 Å². The Morgan fingerprint density at radius 3 is 2.50 bits per heavy atom. The predicted molar refractivity (Wildman–Crippen MR) is 138 cm³/mol. The zero-order chi connectivity index (χ0) is 25.3. The van der Waals surface area contributed by atoms with Gasteiger partial charge in [-0.2, -0.15) is 0 Å². The van der Waals surface area contributed by atoms with Crippen LogP contribution in [0.4, 0.5) is 5.82 Å². The Morgan fingerprint density at radius 2 is 1.83 bits per heavy atom. The van der Waals surface area contributed by atoms with Crippen molar-refractivity contribution in [2.45, 2.75) is 25.5 Å². The van der Waals surface area contributed by atoms with Crippen LogP contribution in [-0.2, 0) is 20.9 Å². The molecule has 0 aliphatic carbocycles. The molecule has 8 heteroatoms. The Kier molecular flexibility index (Phi) is 8.52. The predicted octanol–water partition coefficient (Wildman–Crippen LogP) is 4.06. The van der Waals surface area contributed by atoms with Gasteiger partial charge in [-0.15, -0.1) is 6.58 Å². The summed E-state index contributed by atoms with van der Waals surface area (Å²) in [4.78, 5) is 32.5. The number of imidazole rings is 1. The van der Waals surface area contributed by atoms with Gasteiger partial charge in [0.25, 0.3) is 0 Å². The van der Waals surface area contributed by atoms with Gasteiger partial charge in [0.15, 0.2) is 5.82 Å². The van der Waals surface area contributed by atoms with Gasteiger partial charge in [0.2, 0.25) is 11.8 Å². The number of carbonyl (C=O) groups excluding carboxylic acids is 2. The molecule has 0 bridgehead atoms. The van der Waals surface area contributed by atoms with Crippen LogP contribution in [0, 0.1) is 5.92 Å². The molecule has 2 atom stereocenters. The first-order valence-corrected chi connectivity index (χ1v) is 12.1. The molecule has 2 unspecified atom stereocenters. The highest BCUT2D eigenvalue weighted by molar-refractivity contribution is 5.93. The minimum absolute atomic E-state index is 0.00576. The smallest absolute Gasteiger partial charge is 0.250 e. The van der Waals surface area contributed by atoms with Gasteiger partial charge in [-0.05, 0) is 36.1 Å². The zero-order valence-electron chi connectivity index (χ0n) is 20.5. The summed E-state index contributed by atoms with van der Waals surface area (Å²) < 4.78 is 12.7. The van der Waals surface area contributed by atoms with Gasteiger partial charge < -0.3 is 24.3 Å². The molecule has 1 fully saturated rings. The number of carbonyl (C=O) groups is 2. The van der Waals surface area contributed by atoms with E-state index in [9.17, 15) is 9.59 Å². The van der Waals surface area contributed by atoms with Crippen molar-refractivity contribution in [1.29, 1.82) is 0 Å². The van der Waals surface area contributed by atoms with Crippen molar-refractivity contribution in [2.24, 2.45) is 5.92 Å². The van der Waals surface area contributed by atoms with Gasteiger partial charge in [-0.3, -0.25) is 9.59 Å². The first kappa shape index (κ1) is 25.2. The number of methoxy groups -OCH3 is 1. The zero-order valence-corrected chi connectivity index (χ0v) is 20.5. The topological polar surface area (TPSA) is 85.7 Å². The second-order valence-corrected chi connectivity index (χ2v) is 8.75. The summed E-state index contributed by atoms with van der Waals surface area (Å²) in [7, 11) is 1.61. The number of hydrogen-bond donors (Lipinski definition) is 1. The van der Waals surface area contributed by atoms with E-state index >= 15 is 0 Å². The van der Waals surface area contributed by atoms with E-state index in [1.807, 2.05) is 59.5 Å². The highest BCUT2D eigenvalue weighted by Crippen LogP contribution is 2.26. The lowest BCUT2D eigenvalue weighted by Gasteiger charge is -2.24. The molecule has 4 rings (SSSR count). The quantitative estimate of drug-likeness (QED) is 0.412. The first-order chi connectivity index (χ1) is 17.6. The number of anilines is 1. The minimum Gasteiger partial charge on any atom is -0.497 e. The molecule has 1 aliphatic rings. The molecular weight excluding hydrogens is 456 g/mol. The van der Waals surface area contributed by atoms with E-state index in [1.165, 1.54) is 0 Å². The minimum atomic E-state index is -0.587. The summed E-state index contributed by atoms with van der Waals surface area (Å²) in [5.41, 5.74) is 1.85. The number of hydrogen-bond acceptors (Lipinski definition) is 5. The van der Waals surface area contributed by atoms with Crippen LogP contribution < -0.4 is 10.1 Å². The summed E-state index contributed by atoms with van der Waals surface area (Å²) in [6.45, 7) is 5.88. The second kappa shape index (κ2) is 12.2. The molecular formula is C28H32N4O4. The summed E-state index contributed by atoms with van der Waals surface area (Å²) in [5, 5.41) is 2.83. The Labute approximate surface area is 211 Å². The van der Waals surface area contributed by atoms with Crippen LogP contribution >= 0.6 is 0 Å². The van der Waals surface area contributed by atoms with Crippen LogP contribution in [0.2, 0.25) is 0 Å². The van der Waals surface area contributed by atoms with Crippen LogP contribution in [0.5, 0.6) is 5.75 Å². The van der Waals surface area contributed by atoms with Crippen molar-refractivity contribution in [2.75, 3.05) is 32.1 Å². The van der Waals surface area contributed by atoms with Crippen LogP contribution in [-0.4, -0.2) is 53.1 Å². The molecule has 1 aliphatic heterocycles. The number of amides is 2. The van der Waals surface area contributed by atoms with E-state index in [-0.39, 0.29) is 18.4 Å². The fourth-order valence-electron chi connectivity index (χ4n) is 4.23. The lowest BCUT2D eigenvalue weighted by molar-refractivity contribution is -0.132. The molecule has 8 nitrogen and oxygen atoms in total. The monoisotopic (exact) mass is 488 g/mol. The number of benzene rings is 2. The Balaban J connectivity index is 1.44. The molecule has 2 amide bonds. The molecule has 1 N–H and O–H groups in total. The molecule has 0 spiro atoms. The van der Waals surface area contributed by atoms with E-state index in [0.717, 1.165) is 42.8 Å². The van der Waals surface area contributed by atoms with E-state index in [1.54, 1.807) is 30.3 Å². The van der Waals surface area contributed by atoms with Gasteiger partial charge >= 0.3 is 0 Å². The summed E-state index contributed by atoms with van der Waals surface area (Å²) in [6, 6.07) is 16.6. The van der Waals surface area contributed by atoms with Crippen LogP contribution in [0.15, 0.2) is 79.8 Å². The highest BCUT2D eigenvalue weighted by atomic mass is 16.5. The average Bonchev–Trinajstić information content (AvgIpc) is 3.61. The summed E-state index contributed by atoms with van der Waals surface area (Å²) in [6.07, 6.45) is 6.83. The number of likely N-dealkylation sites (tertiary alicyclic amines) is 1. The van der Waals surface area contributed by atoms with E-state index in [2.05, 4.69) is 16.9 Å². The van der Waals surface area contributed by atoms with Gasteiger partial charge in [0.05, 0.1) is 32.6 Å². The van der Waals surface area contributed by atoms with Gasteiger partial charge in [-0.1, -0.05) is 48.5 Å². The molecule has 2 heterocycles. The Bertz CT molecular complexity index is 1150. The molecule has 3 aromatic rings. The average molecular weight is 489 g/mol. The third kappa shape index (κ3) is 6.20. The number of ether oxygens (including phenoxy) is 2. The third-order valence-electron chi connectivity index (χ3n) is 6.26. The third-order valence-corrected chi connectivity index (χ3v) is 6.26. The van der Waals surface area contributed by atoms with E-state index in [4.69, 9.17) is 9.47 Å². The Hall–Kier alpha value is -3.91. The molecule has 2 aromatic carbocycles. The molecule has 36 heavy (non-hydrogen) atoms. The highest BCUT2D eigenvalue weighted by Gasteiger charge is 2.29. The van der Waals surface area contributed by atoms with Crippen LogP contribution in [0.3, 0.4) is 0 Å². The number of nitrogens with zero attached hydrogens (tertiary/aromatic N) is 3. The van der Waals surface area contributed by atoms with Gasteiger partial charge in [-0.25, -0.2) is 4.98 Å². The van der Waals surface area contributed by atoms with Crippen LogP contribution in [0.25, 0.3) is 0 Å². The standard InChI is InChI=1S/C28H32N4O4/c1-3-22(19-36-18-21-9-5-4-6-10-21)27(33)30-25-17-32(20-29-25)26(28(34)31-15-7-8-16-31)23-11-13-24(35-2)14-12-23/h3-6,9-14,17,20,22,26H,1,7-8,15-16,18-19H2,2H3,(H,30,33). The molecule has 0 radical (unpaired) electrons. The van der Waals surface area contributed by atoms with Crippen molar-refractivity contribution in [3.63, 3.8) is 0 Å². The lowest BCUT2D eigenvalue weighted by atomic mass is 10.1. The van der Waals surface area contributed by atoms with Crippen molar-refractivity contribution in [1.82, 2.24) is 14.5 Å². The second-order valence-electron chi connectivity index (χ2n) is 8.75. The number of aromatic nitrogens is 2. The van der Waals surface area contributed by atoms with Crippen molar-refractivity contribution < 1.29 is 19.1 Å². The maximum atomic E-state index is 13.5. The lowest BCUT2D eigenvalue weighted by Crippen LogP contribution is -2.35. The molecule has 188 valence electrons. The van der Waals surface area contributed by atoms with E-state index < -0.39 is 12.0 Å². The maximum Gasteiger partial charge on any atom is 0.250 e. The molecule has 0 saturated carbocycles. The number of nitrogens with one attached hydrogen (secondary N) is 1. The molecule has 1 saturated heterocycles. The fraction of sp³-hybridized carbons (Fsp3) is 0.321. The van der Waals surface area contributed by atoms with E-state index in [0.29, 0.717) is 12.4 Å². The van der Waals surface area contributed by atoms with Crippen molar-refractivity contribution in [3.05, 3.63) is 90.9 Å². The first-order valence-electron chi connectivity index (χ1n) is 12.1. The normalized spacial score (nSPS) is 14.8. The molecule has 1 aromatic heterocycles. The van der Waals surface area contributed by atoms with Gasteiger partial charge in [0, 0.05) is 19.3 Å². The Morgan fingerprint density at radius 1 is 1.11 bits per heavy atom. The summed E-state index contributed by atoms with van der Waals surface area (Å²) in [5.74, 6) is 0.279. The van der Waals surface area contributed by atoms with Gasteiger partial charge in [0.1, 0.15) is 11.8 Å². The van der Waals surface area contributed by atoms with Crippen molar-refractivity contribution >= 4 is 17.6 Å². The summed E-state index contributed by atoms with van der Waals surface area (Å²) >= 11 is 0. The largest absolute Gasteiger partial charge is 0.497 e. The maximum absolute atomic E-state index is 13.5.